The summed E-state index contributed by atoms with van der Waals surface area (Å²) in [4.78, 5) is 48.8. The number of carboxylic acids is 1. The Labute approximate surface area is 167 Å². The summed E-state index contributed by atoms with van der Waals surface area (Å²) in [6.07, 6.45) is 2.88. The van der Waals surface area contributed by atoms with Crippen LogP contribution in [0.5, 0.6) is 0 Å². The van der Waals surface area contributed by atoms with E-state index in [2.05, 4.69) is 10.6 Å². The number of halogens is 1. The number of carbonyl (C=O) groups excluding carboxylic acids is 3. The molecule has 1 aliphatic carbocycles. The van der Waals surface area contributed by atoms with Crippen LogP contribution in [0.25, 0.3) is 0 Å². The van der Waals surface area contributed by atoms with E-state index in [0.29, 0.717) is 12.8 Å². The van der Waals surface area contributed by atoms with E-state index in [1.165, 1.54) is 0 Å². The maximum Gasteiger partial charge on any atom is 0.308 e. The molecular formula is C20H26FN3O5. The molecule has 1 aromatic heterocycles. The van der Waals surface area contributed by atoms with Gasteiger partial charge in [0.1, 0.15) is 11.8 Å². The number of amides is 2. The average molecular weight is 407 g/mol. The number of nitrogens with zero attached hydrogens (tertiary/aromatic N) is 1. The first kappa shape index (κ1) is 21.0. The van der Waals surface area contributed by atoms with Gasteiger partial charge in [-0.15, -0.1) is 0 Å². The molecule has 0 spiro atoms. The Morgan fingerprint density at radius 2 is 2.07 bits per heavy atom. The summed E-state index contributed by atoms with van der Waals surface area (Å²) >= 11 is 0. The first-order valence-corrected chi connectivity index (χ1v) is 9.82. The number of Topliss-reactive ketones (excluding diaryl/α,β-unsaturated/α-hetero) is 1. The Morgan fingerprint density at radius 3 is 2.69 bits per heavy atom. The lowest BCUT2D eigenvalue weighted by Crippen LogP contribution is -2.54. The molecule has 2 aliphatic rings. The molecule has 0 saturated heterocycles. The van der Waals surface area contributed by atoms with Gasteiger partial charge in [0, 0.05) is 30.9 Å². The number of rotatable bonds is 6. The zero-order valence-electron chi connectivity index (χ0n) is 16.5. The van der Waals surface area contributed by atoms with Crippen LogP contribution in [0, 0.1) is 11.8 Å². The quantitative estimate of drug-likeness (QED) is 0.644. The summed E-state index contributed by atoms with van der Waals surface area (Å²) in [5.74, 6) is -4.28. The summed E-state index contributed by atoms with van der Waals surface area (Å²) in [6, 6.07) is 0.474. The van der Waals surface area contributed by atoms with Gasteiger partial charge in [-0.2, -0.15) is 0 Å². The van der Waals surface area contributed by atoms with Gasteiger partial charge in [-0.1, -0.05) is 13.8 Å². The first-order valence-electron chi connectivity index (χ1n) is 9.82. The van der Waals surface area contributed by atoms with E-state index in [1.807, 2.05) is 10.6 Å². The van der Waals surface area contributed by atoms with Crippen LogP contribution in [0.15, 0.2) is 12.3 Å². The topological polar surface area (TPSA) is 118 Å². The van der Waals surface area contributed by atoms with Crippen molar-refractivity contribution in [3.8, 4) is 0 Å². The molecule has 2 amide bonds. The molecule has 9 heteroatoms. The van der Waals surface area contributed by atoms with Crippen molar-refractivity contribution in [2.45, 2.75) is 57.7 Å². The maximum absolute atomic E-state index is 13.0. The minimum atomic E-state index is -1.21. The van der Waals surface area contributed by atoms with Crippen molar-refractivity contribution in [3.63, 3.8) is 0 Å². The molecular weight excluding hydrogens is 381 g/mol. The third-order valence-corrected chi connectivity index (χ3v) is 5.79. The van der Waals surface area contributed by atoms with Crippen LogP contribution >= 0.6 is 0 Å². The van der Waals surface area contributed by atoms with Crippen LogP contribution in [0.4, 0.5) is 4.39 Å². The van der Waals surface area contributed by atoms with Crippen molar-refractivity contribution in [2.24, 2.45) is 11.8 Å². The van der Waals surface area contributed by atoms with E-state index in [4.69, 9.17) is 0 Å². The highest BCUT2D eigenvalue weighted by Gasteiger charge is 2.42. The molecule has 2 heterocycles. The summed E-state index contributed by atoms with van der Waals surface area (Å²) in [7, 11) is 0. The number of aryl methyl sites for hydroxylation is 1. The van der Waals surface area contributed by atoms with Gasteiger partial charge < -0.3 is 20.3 Å². The van der Waals surface area contributed by atoms with Gasteiger partial charge in [0.25, 0.3) is 5.91 Å². The van der Waals surface area contributed by atoms with Crippen molar-refractivity contribution >= 4 is 23.6 Å². The zero-order chi connectivity index (χ0) is 21.3. The van der Waals surface area contributed by atoms with Crippen molar-refractivity contribution < 1.29 is 28.7 Å². The van der Waals surface area contributed by atoms with E-state index in [-0.39, 0.29) is 24.7 Å². The van der Waals surface area contributed by atoms with Crippen LogP contribution in [0.1, 0.15) is 43.9 Å². The highest BCUT2D eigenvalue weighted by Crippen LogP contribution is 2.38. The Hall–Kier alpha value is -2.71. The molecule has 4 atom stereocenters. The average Bonchev–Trinajstić information content (AvgIpc) is 2.99. The summed E-state index contributed by atoms with van der Waals surface area (Å²) in [5, 5.41) is 14.7. The van der Waals surface area contributed by atoms with Gasteiger partial charge in [-0.05, 0) is 30.4 Å². The number of aliphatic carboxylic acids is 1. The highest BCUT2D eigenvalue weighted by atomic mass is 19.1. The van der Waals surface area contributed by atoms with Gasteiger partial charge in [0.05, 0.1) is 11.8 Å². The lowest BCUT2D eigenvalue weighted by atomic mass is 9.79. The lowest BCUT2D eigenvalue weighted by molar-refractivity contribution is -0.144. The van der Waals surface area contributed by atoms with Crippen LogP contribution in [0.2, 0.25) is 0 Å². The molecule has 158 valence electrons. The number of aromatic nitrogens is 1. The van der Waals surface area contributed by atoms with Crippen molar-refractivity contribution in [1.29, 1.82) is 0 Å². The minimum Gasteiger partial charge on any atom is -0.481 e. The molecule has 1 aliphatic heterocycles. The second-order valence-electron chi connectivity index (χ2n) is 8.14. The maximum atomic E-state index is 13.0. The number of hydrogen-bond donors (Lipinski definition) is 3. The first-order chi connectivity index (χ1) is 13.7. The fourth-order valence-corrected chi connectivity index (χ4v) is 4.34. The Kier molecular flexibility index (Phi) is 6.04. The van der Waals surface area contributed by atoms with Gasteiger partial charge in [-0.3, -0.25) is 19.2 Å². The minimum absolute atomic E-state index is 0.0975. The lowest BCUT2D eigenvalue weighted by Gasteiger charge is -2.33. The van der Waals surface area contributed by atoms with E-state index >= 15 is 0 Å². The number of ketones is 1. The van der Waals surface area contributed by atoms with Crippen LogP contribution < -0.4 is 10.6 Å². The Morgan fingerprint density at radius 1 is 1.34 bits per heavy atom. The molecule has 3 rings (SSSR count). The smallest absolute Gasteiger partial charge is 0.308 e. The van der Waals surface area contributed by atoms with Gasteiger partial charge in [0.2, 0.25) is 5.91 Å². The SMILES string of the molecule is CC(C)C(NC(=O)CF)C(=O)N[C@H]1CCc2ccn3c2C1C(=O)C[C@H](C(=O)O)C3. The third-order valence-electron chi connectivity index (χ3n) is 5.79. The van der Waals surface area contributed by atoms with Gasteiger partial charge in [-0.25, -0.2) is 4.39 Å². The third kappa shape index (κ3) is 4.18. The molecule has 0 bridgehead atoms. The van der Waals surface area contributed by atoms with Crippen molar-refractivity contribution in [2.75, 3.05) is 6.67 Å². The molecule has 0 aromatic carbocycles. The normalized spacial score (nSPS) is 24.4. The van der Waals surface area contributed by atoms with Crippen LogP contribution in [-0.2, 0) is 32.1 Å². The number of hydrogen-bond acceptors (Lipinski definition) is 4. The molecule has 29 heavy (non-hydrogen) atoms. The van der Waals surface area contributed by atoms with Crippen molar-refractivity contribution in [1.82, 2.24) is 15.2 Å². The second kappa shape index (κ2) is 8.34. The number of alkyl halides is 1. The highest BCUT2D eigenvalue weighted by molar-refractivity contribution is 5.92. The summed E-state index contributed by atoms with van der Waals surface area (Å²) in [5.41, 5.74) is 1.76. The standard InChI is InChI=1S/C20H26FN3O5/c1-10(2)17(23-15(26)8-21)19(27)22-13-4-3-11-5-6-24-9-12(20(28)29)7-14(25)16(13)18(11)24/h5-6,10,12-13,16-17H,3-4,7-9H2,1-2H3,(H,22,27)(H,23,26)(H,28,29)/t12-,13-,16?,17?/m0/s1. The molecule has 0 saturated carbocycles. The molecule has 8 nitrogen and oxygen atoms in total. The molecule has 1 aromatic rings. The Balaban J connectivity index is 1.85. The monoisotopic (exact) mass is 407 g/mol. The van der Waals surface area contributed by atoms with E-state index in [1.54, 1.807) is 20.0 Å². The van der Waals surface area contributed by atoms with Crippen molar-refractivity contribution in [3.05, 3.63) is 23.5 Å². The van der Waals surface area contributed by atoms with E-state index in [0.717, 1.165) is 11.3 Å². The summed E-state index contributed by atoms with van der Waals surface area (Å²) in [6.45, 7) is 2.48. The molecule has 3 N–H and O–H groups in total. The predicted octanol–water partition coefficient (Wildman–Crippen LogP) is 0.787. The van der Waals surface area contributed by atoms with E-state index < -0.39 is 48.4 Å². The molecule has 0 radical (unpaired) electrons. The van der Waals surface area contributed by atoms with Gasteiger partial charge >= 0.3 is 5.97 Å². The zero-order valence-corrected chi connectivity index (χ0v) is 16.5. The molecule has 0 fully saturated rings. The second-order valence-corrected chi connectivity index (χ2v) is 8.14. The predicted molar refractivity (Wildman–Crippen MR) is 101 cm³/mol. The summed E-state index contributed by atoms with van der Waals surface area (Å²) < 4.78 is 14.4. The number of carboxylic acid groups (broad SMARTS) is 1. The van der Waals surface area contributed by atoms with Crippen LogP contribution in [0.3, 0.4) is 0 Å². The fraction of sp³-hybridized carbons (Fsp3) is 0.600. The van der Waals surface area contributed by atoms with E-state index in [9.17, 15) is 28.7 Å². The number of nitrogens with one attached hydrogen (secondary N) is 2. The molecule has 2 unspecified atom stereocenters. The largest absolute Gasteiger partial charge is 0.481 e. The Bertz CT molecular complexity index is 834. The van der Waals surface area contributed by atoms with Gasteiger partial charge in [0.15, 0.2) is 6.67 Å². The van der Waals surface area contributed by atoms with Crippen LogP contribution in [-0.4, -0.2) is 52.0 Å². The fourth-order valence-electron chi connectivity index (χ4n) is 4.34. The number of carbonyl (C=O) groups is 4.